The number of aromatic nitrogens is 1. The van der Waals surface area contributed by atoms with Gasteiger partial charge in [0.05, 0.1) is 5.41 Å². The number of nitrogens with zero attached hydrogens (tertiary/aromatic N) is 2. The summed E-state index contributed by atoms with van der Waals surface area (Å²) in [6, 6.07) is 3.10. The van der Waals surface area contributed by atoms with E-state index >= 15 is 0 Å². The van der Waals surface area contributed by atoms with E-state index in [1.54, 1.807) is 6.07 Å². The highest BCUT2D eigenvalue weighted by atomic mass is 16.6. The van der Waals surface area contributed by atoms with Gasteiger partial charge in [0.15, 0.2) is 0 Å². The molecule has 0 aromatic carbocycles. The summed E-state index contributed by atoms with van der Waals surface area (Å²) < 4.78 is 5.69. The largest absolute Gasteiger partial charge is 0.481 e. The van der Waals surface area contributed by atoms with E-state index in [0.29, 0.717) is 19.3 Å². The van der Waals surface area contributed by atoms with Gasteiger partial charge in [-0.3, -0.25) is 4.79 Å². The highest BCUT2D eigenvalue weighted by Gasteiger charge is 2.54. The lowest BCUT2D eigenvalue weighted by Gasteiger charge is -2.46. The number of pyridine rings is 1. The number of hydrogen-bond acceptors (Lipinski definition) is 5. The van der Waals surface area contributed by atoms with Crippen molar-refractivity contribution in [1.82, 2.24) is 4.98 Å². The maximum Gasteiger partial charge on any atom is 0.406 e. The quantitative estimate of drug-likeness (QED) is 0.602. The van der Waals surface area contributed by atoms with E-state index in [-0.39, 0.29) is 23.5 Å². The lowest BCUT2D eigenvalue weighted by Crippen LogP contribution is -2.56. The van der Waals surface area contributed by atoms with E-state index in [1.807, 2.05) is 13.8 Å². The molecule has 1 saturated carbocycles. The molecule has 0 bridgehead atoms. The van der Waals surface area contributed by atoms with Crippen LogP contribution in [0, 0.1) is 15.5 Å². The number of rotatable bonds is 5. The van der Waals surface area contributed by atoms with Crippen molar-refractivity contribution >= 4 is 11.6 Å². The summed E-state index contributed by atoms with van der Waals surface area (Å²) in [6.07, 6.45) is 2.73. The third-order valence-electron chi connectivity index (χ3n) is 4.00. The van der Waals surface area contributed by atoms with Gasteiger partial charge in [0.1, 0.15) is 18.1 Å². The first-order valence-corrected chi connectivity index (χ1v) is 6.34. The standard InChI is InChI=1S/C13H16N2O4/c1-3-13(4-2)10(16)8-11(13)19-9-6-5-7-14-12(9)15(17)18/h5-7,11H,3-4,8H2,1-2H3. The molecule has 0 amide bonds. The molecule has 0 N–H and O–H groups in total. The van der Waals surface area contributed by atoms with Crippen LogP contribution in [0.5, 0.6) is 5.75 Å². The number of Topliss-reactive ketones (excluding diaryl/α,β-unsaturated/α-hetero) is 1. The molecule has 102 valence electrons. The molecule has 1 aromatic rings. The monoisotopic (exact) mass is 264 g/mol. The van der Waals surface area contributed by atoms with Gasteiger partial charge < -0.3 is 14.9 Å². The van der Waals surface area contributed by atoms with E-state index < -0.39 is 10.3 Å². The SMILES string of the molecule is CCC1(CC)C(=O)CC1Oc1cccnc1[N+](=O)[O-]. The molecule has 1 atom stereocenters. The Kier molecular flexibility index (Phi) is 3.50. The highest BCUT2D eigenvalue weighted by Crippen LogP contribution is 2.46. The Morgan fingerprint density at radius 3 is 2.74 bits per heavy atom. The predicted octanol–water partition coefficient (Wildman–Crippen LogP) is 2.52. The molecule has 1 fully saturated rings. The molecular weight excluding hydrogens is 248 g/mol. The zero-order valence-electron chi connectivity index (χ0n) is 11.0. The molecule has 0 radical (unpaired) electrons. The fourth-order valence-electron chi connectivity index (χ4n) is 2.63. The van der Waals surface area contributed by atoms with Crippen LogP contribution in [0.4, 0.5) is 5.82 Å². The van der Waals surface area contributed by atoms with Crippen LogP contribution in [-0.2, 0) is 4.79 Å². The third kappa shape index (κ3) is 2.07. The van der Waals surface area contributed by atoms with Crippen molar-refractivity contribution in [1.29, 1.82) is 0 Å². The van der Waals surface area contributed by atoms with Crippen molar-refractivity contribution in [3.05, 3.63) is 28.4 Å². The van der Waals surface area contributed by atoms with Gasteiger partial charge in [-0.15, -0.1) is 0 Å². The topological polar surface area (TPSA) is 82.3 Å². The van der Waals surface area contributed by atoms with Crippen molar-refractivity contribution in [2.24, 2.45) is 5.41 Å². The molecule has 1 aliphatic carbocycles. The predicted molar refractivity (Wildman–Crippen MR) is 67.9 cm³/mol. The first-order chi connectivity index (χ1) is 9.05. The normalized spacial score (nSPS) is 20.7. The lowest BCUT2D eigenvalue weighted by atomic mass is 9.61. The maximum absolute atomic E-state index is 11.8. The summed E-state index contributed by atoms with van der Waals surface area (Å²) in [4.78, 5) is 25.8. The van der Waals surface area contributed by atoms with E-state index in [1.165, 1.54) is 12.3 Å². The van der Waals surface area contributed by atoms with Gasteiger partial charge in [-0.05, 0) is 34.9 Å². The van der Waals surface area contributed by atoms with Crippen molar-refractivity contribution in [3.63, 3.8) is 0 Å². The van der Waals surface area contributed by atoms with Crippen LogP contribution in [0.3, 0.4) is 0 Å². The van der Waals surface area contributed by atoms with Gasteiger partial charge in [0.2, 0.25) is 5.75 Å². The fourth-order valence-corrected chi connectivity index (χ4v) is 2.63. The number of ketones is 1. The average molecular weight is 264 g/mol. The van der Waals surface area contributed by atoms with Crippen LogP contribution in [0.2, 0.25) is 0 Å². The van der Waals surface area contributed by atoms with E-state index in [0.717, 1.165) is 0 Å². The molecule has 0 spiro atoms. The summed E-state index contributed by atoms with van der Waals surface area (Å²) in [5.74, 6) is 0.00766. The Morgan fingerprint density at radius 2 is 2.21 bits per heavy atom. The summed E-state index contributed by atoms with van der Waals surface area (Å²) in [7, 11) is 0. The number of carbonyl (C=O) groups is 1. The molecule has 0 saturated heterocycles. The number of ether oxygens (including phenoxy) is 1. The van der Waals surface area contributed by atoms with Crippen LogP contribution in [-0.4, -0.2) is 21.8 Å². The highest BCUT2D eigenvalue weighted by molar-refractivity contribution is 5.92. The minimum Gasteiger partial charge on any atom is -0.481 e. The maximum atomic E-state index is 11.8. The van der Waals surface area contributed by atoms with Gasteiger partial charge in [0.25, 0.3) is 0 Å². The minimum atomic E-state index is -0.574. The summed E-state index contributed by atoms with van der Waals surface area (Å²) in [5.41, 5.74) is -0.496. The van der Waals surface area contributed by atoms with Crippen LogP contribution >= 0.6 is 0 Å². The molecular formula is C13H16N2O4. The van der Waals surface area contributed by atoms with Gasteiger partial charge in [-0.1, -0.05) is 13.8 Å². The molecule has 6 heteroatoms. The van der Waals surface area contributed by atoms with Gasteiger partial charge in [0, 0.05) is 6.42 Å². The zero-order valence-corrected chi connectivity index (χ0v) is 11.0. The summed E-state index contributed by atoms with van der Waals surface area (Å²) >= 11 is 0. The summed E-state index contributed by atoms with van der Waals surface area (Å²) in [6.45, 7) is 3.88. The Balaban J connectivity index is 2.23. The van der Waals surface area contributed by atoms with E-state index in [9.17, 15) is 14.9 Å². The van der Waals surface area contributed by atoms with Crippen LogP contribution in [0.15, 0.2) is 18.3 Å². The Bertz CT molecular complexity index is 511. The molecule has 19 heavy (non-hydrogen) atoms. The fraction of sp³-hybridized carbons (Fsp3) is 0.538. The minimum absolute atomic E-state index is 0.135. The average Bonchev–Trinajstić information content (AvgIpc) is 2.40. The Hall–Kier alpha value is -1.98. The Morgan fingerprint density at radius 1 is 1.53 bits per heavy atom. The first kappa shape index (κ1) is 13.5. The molecule has 0 aliphatic heterocycles. The van der Waals surface area contributed by atoms with Gasteiger partial charge in [-0.2, -0.15) is 0 Å². The molecule has 2 rings (SSSR count). The zero-order chi connectivity index (χ0) is 14.0. The van der Waals surface area contributed by atoms with Gasteiger partial charge in [-0.25, -0.2) is 0 Å². The van der Waals surface area contributed by atoms with Crippen LogP contribution < -0.4 is 4.74 Å². The molecule has 1 aromatic heterocycles. The Labute approximate surface area is 110 Å². The number of hydrogen-bond donors (Lipinski definition) is 0. The van der Waals surface area contributed by atoms with Crippen LogP contribution in [0.25, 0.3) is 0 Å². The van der Waals surface area contributed by atoms with E-state index in [4.69, 9.17) is 4.74 Å². The number of carbonyl (C=O) groups excluding carboxylic acids is 1. The smallest absolute Gasteiger partial charge is 0.406 e. The van der Waals surface area contributed by atoms with E-state index in [2.05, 4.69) is 4.98 Å². The third-order valence-corrected chi connectivity index (χ3v) is 4.00. The lowest BCUT2D eigenvalue weighted by molar-refractivity contribution is -0.390. The first-order valence-electron chi connectivity index (χ1n) is 6.34. The van der Waals surface area contributed by atoms with Crippen molar-refractivity contribution in [2.45, 2.75) is 39.2 Å². The number of nitro groups is 1. The van der Waals surface area contributed by atoms with Crippen LogP contribution in [0.1, 0.15) is 33.1 Å². The van der Waals surface area contributed by atoms with Crippen molar-refractivity contribution in [2.75, 3.05) is 0 Å². The molecule has 1 unspecified atom stereocenters. The van der Waals surface area contributed by atoms with Crippen molar-refractivity contribution in [3.8, 4) is 5.75 Å². The molecule has 1 heterocycles. The van der Waals surface area contributed by atoms with Gasteiger partial charge >= 0.3 is 5.82 Å². The second-order valence-electron chi connectivity index (χ2n) is 4.68. The second kappa shape index (κ2) is 4.95. The summed E-state index contributed by atoms with van der Waals surface area (Å²) in [5, 5.41) is 10.9. The van der Waals surface area contributed by atoms with Crippen molar-refractivity contribution < 1.29 is 14.5 Å². The molecule has 1 aliphatic rings. The molecule has 6 nitrogen and oxygen atoms in total. The second-order valence-corrected chi connectivity index (χ2v) is 4.68.